The number of amides is 1. The molecule has 0 saturated heterocycles. The van der Waals surface area contributed by atoms with Gasteiger partial charge in [-0.25, -0.2) is 4.39 Å². The van der Waals surface area contributed by atoms with E-state index in [0.29, 0.717) is 11.8 Å². The first kappa shape index (κ1) is 13.6. The van der Waals surface area contributed by atoms with Crippen LogP contribution in [0.1, 0.15) is 42.5 Å². The van der Waals surface area contributed by atoms with Crippen LogP contribution in [0.25, 0.3) is 0 Å². The van der Waals surface area contributed by atoms with Crippen molar-refractivity contribution in [3.05, 3.63) is 34.6 Å². The fourth-order valence-electron chi connectivity index (χ4n) is 5.10. The molecule has 1 N–H and O–H groups in total. The van der Waals surface area contributed by atoms with Crippen molar-refractivity contribution in [1.29, 1.82) is 0 Å². The average molecular weight is 308 g/mol. The zero-order chi connectivity index (χ0) is 14.6. The topological polar surface area (TPSA) is 29.1 Å². The van der Waals surface area contributed by atoms with Crippen molar-refractivity contribution in [1.82, 2.24) is 5.32 Å². The van der Waals surface area contributed by atoms with E-state index >= 15 is 0 Å². The lowest BCUT2D eigenvalue weighted by Crippen LogP contribution is -2.55. The molecular formula is C17H19ClFNO. The quantitative estimate of drug-likeness (QED) is 0.878. The van der Waals surface area contributed by atoms with Gasteiger partial charge < -0.3 is 5.32 Å². The smallest absolute Gasteiger partial charge is 0.256 e. The van der Waals surface area contributed by atoms with Crippen LogP contribution < -0.4 is 5.32 Å². The number of benzene rings is 1. The SMILES string of the molecule is O=C(NC1C2CC3CC(C2)CC1C3)c1c(F)cccc1Cl. The molecule has 0 atom stereocenters. The maximum absolute atomic E-state index is 13.9. The minimum Gasteiger partial charge on any atom is -0.349 e. The van der Waals surface area contributed by atoms with Gasteiger partial charge in [0.05, 0.1) is 10.6 Å². The molecule has 2 nitrogen and oxygen atoms in total. The Morgan fingerprint density at radius 2 is 1.71 bits per heavy atom. The van der Waals surface area contributed by atoms with Gasteiger partial charge in [-0.05, 0) is 67.9 Å². The summed E-state index contributed by atoms with van der Waals surface area (Å²) in [6.45, 7) is 0. The largest absolute Gasteiger partial charge is 0.349 e. The second-order valence-electron chi connectivity index (χ2n) is 7.03. The van der Waals surface area contributed by atoms with Gasteiger partial charge in [0.2, 0.25) is 0 Å². The molecule has 4 aliphatic carbocycles. The summed E-state index contributed by atoms with van der Waals surface area (Å²) in [4.78, 5) is 12.4. The summed E-state index contributed by atoms with van der Waals surface area (Å²) < 4.78 is 13.9. The minimum absolute atomic E-state index is 0.00651. The van der Waals surface area contributed by atoms with E-state index in [-0.39, 0.29) is 22.5 Å². The maximum atomic E-state index is 13.9. The zero-order valence-electron chi connectivity index (χ0n) is 11.8. The molecule has 1 aromatic rings. The number of carbonyl (C=O) groups is 1. The fraction of sp³-hybridized carbons (Fsp3) is 0.588. The number of hydrogen-bond donors (Lipinski definition) is 1. The Bertz CT molecular complexity index is 540. The molecule has 0 aliphatic heterocycles. The number of carbonyl (C=O) groups excluding carboxylic acids is 1. The van der Waals surface area contributed by atoms with E-state index in [1.807, 2.05) is 0 Å². The minimum atomic E-state index is -0.538. The fourth-order valence-corrected chi connectivity index (χ4v) is 5.35. The molecule has 4 bridgehead atoms. The molecule has 0 unspecified atom stereocenters. The van der Waals surface area contributed by atoms with Crippen LogP contribution in [0.3, 0.4) is 0 Å². The lowest BCUT2D eigenvalue weighted by Gasteiger charge is -2.54. The number of nitrogens with one attached hydrogen (secondary N) is 1. The van der Waals surface area contributed by atoms with Gasteiger partial charge in [-0.3, -0.25) is 4.79 Å². The highest BCUT2D eigenvalue weighted by molar-refractivity contribution is 6.33. The summed E-state index contributed by atoms with van der Waals surface area (Å²) in [6.07, 6.45) is 6.28. The van der Waals surface area contributed by atoms with Crippen molar-refractivity contribution < 1.29 is 9.18 Å². The molecule has 4 fully saturated rings. The molecule has 0 aromatic heterocycles. The second-order valence-corrected chi connectivity index (χ2v) is 7.43. The standard InChI is InChI=1S/C17H19ClFNO/c18-13-2-1-3-14(19)15(13)17(21)20-16-11-5-9-4-10(7-11)8-12(16)6-9/h1-3,9-12,16H,4-8H2,(H,20,21). The maximum Gasteiger partial charge on any atom is 0.256 e. The van der Waals surface area contributed by atoms with Crippen LogP contribution in [-0.4, -0.2) is 11.9 Å². The third-order valence-corrected chi connectivity index (χ3v) is 6.03. The van der Waals surface area contributed by atoms with Crippen LogP contribution in [0.15, 0.2) is 18.2 Å². The van der Waals surface area contributed by atoms with Crippen LogP contribution >= 0.6 is 11.6 Å². The summed E-state index contributed by atoms with van der Waals surface area (Å²) in [5.74, 6) is 1.99. The molecule has 4 saturated carbocycles. The monoisotopic (exact) mass is 307 g/mol. The van der Waals surface area contributed by atoms with Gasteiger partial charge >= 0.3 is 0 Å². The molecule has 5 rings (SSSR count). The van der Waals surface area contributed by atoms with Crippen molar-refractivity contribution in [2.75, 3.05) is 0 Å². The van der Waals surface area contributed by atoms with E-state index < -0.39 is 5.82 Å². The van der Waals surface area contributed by atoms with E-state index in [1.54, 1.807) is 6.07 Å². The van der Waals surface area contributed by atoms with Crippen molar-refractivity contribution >= 4 is 17.5 Å². The Labute approximate surface area is 129 Å². The van der Waals surface area contributed by atoms with Crippen molar-refractivity contribution in [2.45, 2.75) is 38.1 Å². The van der Waals surface area contributed by atoms with Gasteiger partial charge in [0.25, 0.3) is 5.91 Å². The predicted molar refractivity (Wildman–Crippen MR) is 79.7 cm³/mol. The first-order valence-corrected chi connectivity index (χ1v) is 8.24. The lowest BCUT2D eigenvalue weighted by molar-refractivity contribution is -0.0120. The second kappa shape index (κ2) is 4.98. The number of halogens is 2. The van der Waals surface area contributed by atoms with E-state index in [4.69, 9.17) is 11.6 Å². The van der Waals surface area contributed by atoms with Crippen LogP contribution in [0.2, 0.25) is 5.02 Å². The Kier molecular flexibility index (Phi) is 3.21. The third kappa shape index (κ3) is 2.26. The molecule has 4 aliphatic rings. The zero-order valence-corrected chi connectivity index (χ0v) is 12.6. The van der Waals surface area contributed by atoms with Crippen LogP contribution in [-0.2, 0) is 0 Å². The molecule has 0 heterocycles. The Balaban J connectivity index is 1.55. The van der Waals surface area contributed by atoms with E-state index in [2.05, 4.69) is 5.32 Å². The van der Waals surface area contributed by atoms with Crippen molar-refractivity contribution in [3.63, 3.8) is 0 Å². The number of hydrogen-bond acceptors (Lipinski definition) is 1. The van der Waals surface area contributed by atoms with Gasteiger partial charge in [-0.1, -0.05) is 17.7 Å². The Morgan fingerprint density at radius 3 is 2.29 bits per heavy atom. The van der Waals surface area contributed by atoms with E-state index in [9.17, 15) is 9.18 Å². The molecule has 0 spiro atoms. The van der Waals surface area contributed by atoms with Crippen LogP contribution in [0.4, 0.5) is 4.39 Å². The number of rotatable bonds is 2. The Hall–Kier alpha value is -1.09. The van der Waals surface area contributed by atoms with Gasteiger partial charge in [0, 0.05) is 6.04 Å². The summed E-state index contributed by atoms with van der Waals surface area (Å²) in [5.41, 5.74) is -0.00651. The molecule has 112 valence electrons. The van der Waals surface area contributed by atoms with Gasteiger partial charge in [-0.15, -0.1) is 0 Å². The summed E-state index contributed by atoms with van der Waals surface area (Å²) in [5, 5.41) is 3.29. The van der Waals surface area contributed by atoms with E-state index in [0.717, 1.165) is 11.8 Å². The van der Waals surface area contributed by atoms with Crippen molar-refractivity contribution in [3.8, 4) is 0 Å². The molecule has 1 aromatic carbocycles. The highest BCUT2D eigenvalue weighted by Gasteiger charge is 2.48. The highest BCUT2D eigenvalue weighted by Crippen LogP contribution is 2.53. The molecule has 21 heavy (non-hydrogen) atoms. The normalized spacial score (nSPS) is 36.8. The molecule has 4 heteroatoms. The average Bonchev–Trinajstić information content (AvgIpc) is 2.42. The first-order chi connectivity index (χ1) is 10.1. The molecular weight excluding hydrogens is 289 g/mol. The molecule has 1 amide bonds. The third-order valence-electron chi connectivity index (χ3n) is 5.71. The predicted octanol–water partition coefficient (Wildman–Crippen LogP) is 4.03. The first-order valence-electron chi connectivity index (χ1n) is 7.86. The highest BCUT2D eigenvalue weighted by atomic mass is 35.5. The van der Waals surface area contributed by atoms with Gasteiger partial charge in [-0.2, -0.15) is 0 Å². The van der Waals surface area contributed by atoms with Gasteiger partial charge in [0.15, 0.2) is 0 Å². The summed E-state index contributed by atoms with van der Waals surface area (Å²) >= 11 is 5.99. The summed E-state index contributed by atoms with van der Waals surface area (Å²) in [7, 11) is 0. The lowest BCUT2D eigenvalue weighted by atomic mass is 9.54. The van der Waals surface area contributed by atoms with Crippen LogP contribution in [0.5, 0.6) is 0 Å². The van der Waals surface area contributed by atoms with Crippen LogP contribution in [0, 0.1) is 29.5 Å². The summed E-state index contributed by atoms with van der Waals surface area (Å²) in [6, 6.07) is 4.59. The Morgan fingerprint density at radius 1 is 1.10 bits per heavy atom. The van der Waals surface area contributed by atoms with Crippen molar-refractivity contribution in [2.24, 2.45) is 23.7 Å². The molecule has 0 radical (unpaired) electrons. The van der Waals surface area contributed by atoms with E-state index in [1.165, 1.54) is 44.2 Å². The van der Waals surface area contributed by atoms with Gasteiger partial charge in [0.1, 0.15) is 5.82 Å².